The second kappa shape index (κ2) is 16.1. The minimum Gasteiger partial charge on any atom is -0.384 e. The lowest BCUT2D eigenvalue weighted by atomic mass is 10.0. The molecule has 0 fully saturated rings. The van der Waals surface area contributed by atoms with Crippen LogP contribution in [0.25, 0.3) is 0 Å². The maximum atomic E-state index is 13.7. The van der Waals surface area contributed by atoms with Gasteiger partial charge < -0.3 is 35.4 Å². The fraction of sp³-hybridized carbons (Fsp3) is 0.375. The van der Waals surface area contributed by atoms with Gasteiger partial charge in [0.2, 0.25) is 23.6 Å². The minimum atomic E-state index is -1.06. The second-order valence-corrected chi connectivity index (χ2v) is 10.7. The van der Waals surface area contributed by atoms with Gasteiger partial charge in [0.05, 0.1) is 19.6 Å². The molecule has 13 heteroatoms. The van der Waals surface area contributed by atoms with Crippen molar-refractivity contribution >= 4 is 29.5 Å². The largest absolute Gasteiger partial charge is 0.384 e. The van der Waals surface area contributed by atoms with Gasteiger partial charge in [0, 0.05) is 39.1 Å². The Morgan fingerprint density at radius 1 is 0.889 bits per heavy atom. The monoisotopic (exact) mass is 618 g/mol. The van der Waals surface area contributed by atoms with Gasteiger partial charge in [-0.3, -0.25) is 24.0 Å². The zero-order valence-electron chi connectivity index (χ0n) is 25.3. The van der Waals surface area contributed by atoms with E-state index in [2.05, 4.69) is 26.4 Å². The predicted molar refractivity (Wildman–Crippen MR) is 163 cm³/mol. The van der Waals surface area contributed by atoms with Gasteiger partial charge in [0.1, 0.15) is 18.1 Å². The molecule has 4 rings (SSSR count). The highest BCUT2D eigenvalue weighted by Crippen LogP contribution is 2.11. The Morgan fingerprint density at radius 3 is 2.11 bits per heavy atom. The third-order valence-corrected chi connectivity index (χ3v) is 7.26. The summed E-state index contributed by atoms with van der Waals surface area (Å²) in [7, 11) is 1.49. The summed E-state index contributed by atoms with van der Waals surface area (Å²) >= 11 is 0. The van der Waals surface area contributed by atoms with Crippen LogP contribution in [0.4, 0.5) is 0 Å². The number of fused-ring (bicyclic) bond motifs is 2. The molecule has 238 valence electrons. The Morgan fingerprint density at radius 2 is 1.49 bits per heavy atom. The summed E-state index contributed by atoms with van der Waals surface area (Å²) in [5.74, 6) is -2.31. The van der Waals surface area contributed by atoms with Crippen molar-refractivity contribution in [1.29, 1.82) is 0 Å². The lowest BCUT2D eigenvalue weighted by Crippen LogP contribution is -2.57. The van der Waals surface area contributed by atoms with Crippen molar-refractivity contribution in [2.45, 2.75) is 50.9 Å². The third kappa shape index (κ3) is 9.73. The lowest BCUT2D eigenvalue weighted by molar-refractivity contribution is -0.134. The fourth-order valence-electron chi connectivity index (χ4n) is 4.78. The zero-order chi connectivity index (χ0) is 32.2. The van der Waals surface area contributed by atoms with Crippen molar-refractivity contribution in [2.75, 3.05) is 26.8 Å². The highest BCUT2D eigenvalue weighted by atomic mass is 16.5. The van der Waals surface area contributed by atoms with Gasteiger partial charge in [-0.25, -0.2) is 0 Å². The molecule has 2 bridgehead atoms. The first-order valence-corrected chi connectivity index (χ1v) is 14.7. The first-order chi connectivity index (χ1) is 21.7. The molecule has 1 aliphatic heterocycles. The second-order valence-electron chi connectivity index (χ2n) is 10.7. The number of methoxy groups -OCH3 is 1. The van der Waals surface area contributed by atoms with Crippen molar-refractivity contribution in [2.24, 2.45) is 0 Å². The van der Waals surface area contributed by atoms with E-state index in [0.29, 0.717) is 0 Å². The SMILES string of the molecule is COCCC(=O)N1CCNC(=O)[C@@H](Cc2ccccc2)NC(=O)[C@H](Cc2ccccc2)NC(=O)[C@H](C)NC(=O)c2cc(on2)C1. The summed E-state index contributed by atoms with van der Waals surface area (Å²) in [6.07, 6.45) is 0.423. The van der Waals surface area contributed by atoms with Crippen LogP contribution in [0.2, 0.25) is 0 Å². The Hall–Kier alpha value is -5.04. The molecule has 2 heterocycles. The van der Waals surface area contributed by atoms with Crippen LogP contribution in [-0.4, -0.2) is 84.5 Å². The molecule has 0 radical (unpaired) electrons. The predicted octanol–water partition coefficient (Wildman–Crippen LogP) is 0.743. The molecule has 45 heavy (non-hydrogen) atoms. The van der Waals surface area contributed by atoms with Crippen LogP contribution in [0, 0.1) is 0 Å². The van der Waals surface area contributed by atoms with Crippen LogP contribution in [0.15, 0.2) is 71.3 Å². The van der Waals surface area contributed by atoms with Crippen molar-refractivity contribution < 1.29 is 33.2 Å². The van der Waals surface area contributed by atoms with E-state index in [1.54, 1.807) is 0 Å². The van der Waals surface area contributed by atoms with E-state index in [9.17, 15) is 24.0 Å². The number of benzene rings is 2. The molecular weight excluding hydrogens is 580 g/mol. The summed E-state index contributed by atoms with van der Waals surface area (Å²) in [5.41, 5.74) is 1.53. The van der Waals surface area contributed by atoms with Crippen LogP contribution in [0.3, 0.4) is 0 Å². The van der Waals surface area contributed by atoms with Crippen LogP contribution >= 0.6 is 0 Å². The van der Waals surface area contributed by atoms with Crippen LogP contribution < -0.4 is 21.3 Å². The Bertz CT molecular complexity index is 1460. The van der Waals surface area contributed by atoms with Crippen molar-refractivity contribution in [3.05, 3.63) is 89.3 Å². The highest BCUT2D eigenvalue weighted by molar-refractivity contribution is 5.97. The molecule has 1 aliphatic rings. The van der Waals surface area contributed by atoms with Crippen molar-refractivity contribution in [3.63, 3.8) is 0 Å². The molecule has 13 nitrogen and oxygen atoms in total. The molecular formula is C32H38N6O7. The number of nitrogens with one attached hydrogen (secondary N) is 4. The maximum Gasteiger partial charge on any atom is 0.274 e. The molecule has 0 unspecified atom stereocenters. The number of rotatable bonds is 7. The van der Waals surface area contributed by atoms with E-state index in [1.807, 2.05) is 60.7 Å². The first-order valence-electron chi connectivity index (χ1n) is 14.7. The molecule has 0 spiro atoms. The quantitative estimate of drug-likeness (QED) is 0.300. The van der Waals surface area contributed by atoms with Crippen molar-refractivity contribution in [3.8, 4) is 0 Å². The number of carbonyl (C=O) groups is 5. The molecule has 3 aromatic rings. The van der Waals surface area contributed by atoms with E-state index in [-0.39, 0.29) is 62.9 Å². The summed E-state index contributed by atoms with van der Waals surface area (Å²) in [5, 5.41) is 14.8. The summed E-state index contributed by atoms with van der Waals surface area (Å²) < 4.78 is 10.4. The minimum absolute atomic E-state index is 0.0138. The van der Waals surface area contributed by atoms with Gasteiger partial charge in [-0.15, -0.1) is 0 Å². The van der Waals surface area contributed by atoms with Gasteiger partial charge in [-0.2, -0.15) is 0 Å². The summed E-state index contributed by atoms with van der Waals surface area (Å²) in [6.45, 7) is 1.85. The molecule has 0 saturated heterocycles. The van der Waals surface area contributed by atoms with Crippen molar-refractivity contribution in [1.82, 2.24) is 31.3 Å². The van der Waals surface area contributed by atoms with E-state index in [4.69, 9.17) is 9.26 Å². The number of nitrogens with zero attached hydrogens (tertiary/aromatic N) is 2. The Labute approximate surface area is 261 Å². The van der Waals surface area contributed by atoms with E-state index >= 15 is 0 Å². The average Bonchev–Trinajstić information content (AvgIpc) is 3.51. The number of hydrogen-bond donors (Lipinski definition) is 4. The summed E-state index contributed by atoms with van der Waals surface area (Å²) in [4.78, 5) is 67.8. The topological polar surface area (TPSA) is 172 Å². The first kappa shape index (κ1) is 32.9. The summed E-state index contributed by atoms with van der Waals surface area (Å²) in [6, 6.07) is 16.6. The molecule has 2 aromatic carbocycles. The van der Waals surface area contributed by atoms with Gasteiger partial charge in [-0.05, 0) is 18.1 Å². The molecule has 5 amide bonds. The molecule has 1 aromatic heterocycles. The molecule has 3 atom stereocenters. The van der Waals surface area contributed by atoms with Gasteiger partial charge in [0.15, 0.2) is 11.5 Å². The van der Waals surface area contributed by atoms with Crippen LogP contribution in [-0.2, 0) is 43.3 Å². The molecule has 4 N–H and O–H groups in total. The fourth-order valence-corrected chi connectivity index (χ4v) is 4.78. The normalized spacial score (nSPS) is 20.2. The molecule has 0 saturated carbocycles. The van der Waals surface area contributed by atoms with E-state index < -0.39 is 41.8 Å². The number of carbonyl (C=O) groups excluding carboxylic acids is 5. The van der Waals surface area contributed by atoms with Gasteiger partial charge in [-0.1, -0.05) is 65.8 Å². The van der Waals surface area contributed by atoms with E-state index in [0.717, 1.165) is 11.1 Å². The Balaban J connectivity index is 1.64. The number of ether oxygens (including phenoxy) is 1. The average molecular weight is 619 g/mol. The highest BCUT2D eigenvalue weighted by Gasteiger charge is 2.30. The molecule has 0 aliphatic carbocycles. The number of hydrogen-bond acceptors (Lipinski definition) is 8. The van der Waals surface area contributed by atoms with Gasteiger partial charge in [0.25, 0.3) is 5.91 Å². The van der Waals surface area contributed by atoms with Crippen LogP contribution in [0.5, 0.6) is 0 Å². The number of amides is 5. The maximum absolute atomic E-state index is 13.7. The standard InChI is InChI=1S/C32H38N6O7/c1-21-29(40)35-26(18-23-11-7-4-8-12-23)31(42)36-25(17-22-9-5-3-6-10-22)30(41)33-14-15-38(28(39)13-16-44-2)20-24-19-27(37-45-24)32(43)34-21/h3-12,19,21,25-26H,13-18,20H2,1-2H3,(H,33,41)(H,34,43)(H,35,40)(H,36,42)/t21-,25+,26-/m0/s1. The smallest absolute Gasteiger partial charge is 0.274 e. The zero-order valence-corrected chi connectivity index (χ0v) is 25.3. The van der Waals surface area contributed by atoms with E-state index in [1.165, 1.54) is 25.0 Å². The Kier molecular flexibility index (Phi) is 11.8. The third-order valence-electron chi connectivity index (χ3n) is 7.26. The van der Waals surface area contributed by atoms with Gasteiger partial charge >= 0.3 is 0 Å². The van der Waals surface area contributed by atoms with Crippen LogP contribution in [0.1, 0.15) is 40.7 Å². The lowest BCUT2D eigenvalue weighted by Gasteiger charge is -2.26. The number of aromatic nitrogens is 1.